The number of allylic oxidation sites excluding steroid dienone is 4. The molecule has 2 bridgehead atoms. The Morgan fingerprint density at radius 1 is 1.23 bits per heavy atom. The molecule has 1 saturated heterocycles. The molecule has 1 fully saturated rings. The van der Waals surface area contributed by atoms with E-state index in [1.165, 1.54) is 6.08 Å². The SMILES string of the molecule is CC1=CC=C2CC(=C1)OC(F)(F)O2. The summed E-state index contributed by atoms with van der Waals surface area (Å²) in [4.78, 5) is 0. The van der Waals surface area contributed by atoms with Gasteiger partial charge in [-0.1, -0.05) is 6.08 Å². The van der Waals surface area contributed by atoms with Crippen LogP contribution in [0.25, 0.3) is 0 Å². The van der Waals surface area contributed by atoms with Gasteiger partial charge in [0.05, 0.1) is 6.42 Å². The zero-order valence-corrected chi connectivity index (χ0v) is 7.01. The lowest BCUT2D eigenvalue weighted by atomic mass is 10.2. The quantitative estimate of drug-likeness (QED) is 0.579. The molecule has 0 aromatic rings. The molecular formula is C9H8F2O2. The monoisotopic (exact) mass is 186 g/mol. The molecule has 1 aliphatic heterocycles. The van der Waals surface area contributed by atoms with Crippen LogP contribution < -0.4 is 0 Å². The first-order chi connectivity index (χ1) is 6.05. The Hall–Kier alpha value is -1.32. The third-order valence-electron chi connectivity index (χ3n) is 1.77. The van der Waals surface area contributed by atoms with Crippen molar-refractivity contribution in [3.8, 4) is 0 Å². The van der Waals surface area contributed by atoms with Crippen LogP contribution >= 0.6 is 0 Å². The number of hydrogen-bond acceptors (Lipinski definition) is 2. The van der Waals surface area contributed by atoms with E-state index in [-0.39, 0.29) is 11.5 Å². The summed E-state index contributed by atoms with van der Waals surface area (Å²) in [7, 11) is 0. The van der Waals surface area contributed by atoms with E-state index < -0.39 is 6.29 Å². The number of fused-ring (bicyclic) bond motifs is 2. The second-order valence-electron chi connectivity index (χ2n) is 3.00. The first-order valence-corrected chi connectivity index (χ1v) is 3.89. The van der Waals surface area contributed by atoms with Crippen LogP contribution in [0.1, 0.15) is 13.3 Å². The number of hydrogen-bond donors (Lipinski definition) is 0. The van der Waals surface area contributed by atoms with E-state index in [4.69, 9.17) is 0 Å². The van der Waals surface area contributed by atoms with Crippen molar-refractivity contribution in [1.82, 2.24) is 0 Å². The highest BCUT2D eigenvalue weighted by Gasteiger charge is 2.41. The third kappa shape index (κ3) is 1.71. The van der Waals surface area contributed by atoms with E-state index >= 15 is 0 Å². The molecule has 0 amide bonds. The van der Waals surface area contributed by atoms with Crippen molar-refractivity contribution >= 4 is 0 Å². The lowest BCUT2D eigenvalue weighted by Crippen LogP contribution is -2.28. The van der Waals surface area contributed by atoms with Crippen molar-refractivity contribution in [1.29, 1.82) is 0 Å². The van der Waals surface area contributed by atoms with Gasteiger partial charge < -0.3 is 9.47 Å². The van der Waals surface area contributed by atoms with E-state index in [1.54, 1.807) is 12.2 Å². The predicted molar refractivity (Wildman–Crippen MR) is 41.7 cm³/mol. The maximum absolute atomic E-state index is 12.7. The van der Waals surface area contributed by atoms with Crippen LogP contribution in [-0.2, 0) is 9.47 Å². The third-order valence-corrected chi connectivity index (χ3v) is 1.77. The molecule has 1 aliphatic carbocycles. The predicted octanol–water partition coefficient (Wildman–Crippen LogP) is 2.70. The minimum atomic E-state index is -3.52. The van der Waals surface area contributed by atoms with E-state index in [9.17, 15) is 8.78 Å². The van der Waals surface area contributed by atoms with Gasteiger partial charge in [-0.05, 0) is 24.6 Å². The molecule has 0 N–H and O–H groups in total. The van der Waals surface area contributed by atoms with E-state index in [0.29, 0.717) is 6.42 Å². The minimum Gasteiger partial charge on any atom is -0.403 e. The highest BCUT2D eigenvalue weighted by atomic mass is 19.3. The molecule has 0 atom stereocenters. The average Bonchev–Trinajstić information content (AvgIpc) is 2.08. The van der Waals surface area contributed by atoms with Gasteiger partial charge in [0.1, 0.15) is 11.5 Å². The van der Waals surface area contributed by atoms with Crippen molar-refractivity contribution in [2.75, 3.05) is 0 Å². The van der Waals surface area contributed by atoms with Gasteiger partial charge in [0.2, 0.25) is 0 Å². The normalized spacial score (nSPS) is 24.4. The standard InChI is InChI=1S/C9H8F2O2/c1-6-2-3-7-5-8(4-6)13-9(10,11)12-7/h2-4H,5H2,1H3. The van der Waals surface area contributed by atoms with Gasteiger partial charge in [-0.15, -0.1) is 8.78 Å². The first-order valence-electron chi connectivity index (χ1n) is 3.89. The summed E-state index contributed by atoms with van der Waals surface area (Å²) in [5.41, 5.74) is 0.867. The van der Waals surface area contributed by atoms with Gasteiger partial charge in [0, 0.05) is 0 Å². The van der Waals surface area contributed by atoms with Crippen molar-refractivity contribution in [3.05, 3.63) is 35.3 Å². The molecule has 0 unspecified atom stereocenters. The highest BCUT2D eigenvalue weighted by Crippen LogP contribution is 2.35. The van der Waals surface area contributed by atoms with Gasteiger partial charge in [0.25, 0.3) is 0 Å². The zero-order chi connectivity index (χ0) is 9.47. The molecule has 0 spiro atoms. The van der Waals surface area contributed by atoms with Crippen LogP contribution in [0.5, 0.6) is 0 Å². The number of halogens is 2. The van der Waals surface area contributed by atoms with E-state index in [2.05, 4.69) is 9.47 Å². The van der Waals surface area contributed by atoms with Crippen molar-refractivity contribution in [3.63, 3.8) is 0 Å². The number of rotatable bonds is 0. The zero-order valence-electron chi connectivity index (χ0n) is 7.01. The number of ether oxygens (including phenoxy) is 2. The molecule has 13 heavy (non-hydrogen) atoms. The highest BCUT2D eigenvalue weighted by molar-refractivity contribution is 5.31. The van der Waals surface area contributed by atoms with Gasteiger partial charge >= 0.3 is 6.29 Å². The maximum atomic E-state index is 12.7. The Bertz CT molecular complexity index is 327. The van der Waals surface area contributed by atoms with E-state index in [0.717, 1.165) is 5.57 Å². The van der Waals surface area contributed by atoms with Crippen LogP contribution in [0.4, 0.5) is 8.78 Å². The Morgan fingerprint density at radius 3 is 2.69 bits per heavy atom. The fourth-order valence-electron chi connectivity index (χ4n) is 1.27. The Labute approximate surface area is 74.1 Å². The largest absolute Gasteiger partial charge is 0.585 e. The van der Waals surface area contributed by atoms with Crippen molar-refractivity contribution < 1.29 is 18.3 Å². The molecule has 0 saturated carbocycles. The molecule has 70 valence electrons. The summed E-state index contributed by atoms with van der Waals surface area (Å²) in [5.74, 6) is 0.480. The summed E-state index contributed by atoms with van der Waals surface area (Å²) in [5, 5.41) is 0. The summed E-state index contributed by atoms with van der Waals surface area (Å²) in [6.07, 6.45) is 1.61. The molecule has 2 rings (SSSR count). The fraction of sp³-hybridized carbons (Fsp3) is 0.333. The lowest BCUT2D eigenvalue weighted by Gasteiger charge is -2.26. The van der Waals surface area contributed by atoms with Crippen molar-refractivity contribution in [2.45, 2.75) is 19.6 Å². The second-order valence-corrected chi connectivity index (χ2v) is 3.00. The van der Waals surface area contributed by atoms with E-state index in [1.807, 2.05) is 6.92 Å². The summed E-state index contributed by atoms with van der Waals surface area (Å²) < 4.78 is 34.0. The van der Waals surface area contributed by atoms with Crippen LogP contribution in [0.3, 0.4) is 0 Å². The smallest absolute Gasteiger partial charge is 0.403 e. The summed E-state index contributed by atoms with van der Waals surface area (Å²) in [6.45, 7) is 1.81. The Kier molecular flexibility index (Phi) is 1.65. The van der Waals surface area contributed by atoms with Gasteiger partial charge in [-0.25, -0.2) is 0 Å². The van der Waals surface area contributed by atoms with Gasteiger partial charge in [-0.3, -0.25) is 0 Å². The summed E-state index contributed by atoms with van der Waals surface area (Å²) >= 11 is 0. The maximum Gasteiger partial charge on any atom is 0.585 e. The topological polar surface area (TPSA) is 18.5 Å². The molecule has 2 aliphatic rings. The van der Waals surface area contributed by atoms with Gasteiger partial charge in [-0.2, -0.15) is 0 Å². The molecule has 4 heteroatoms. The van der Waals surface area contributed by atoms with Crippen LogP contribution in [-0.4, -0.2) is 6.29 Å². The Morgan fingerprint density at radius 2 is 1.92 bits per heavy atom. The van der Waals surface area contributed by atoms with Crippen LogP contribution in [0.2, 0.25) is 0 Å². The average molecular weight is 186 g/mol. The second kappa shape index (κ2) is 2.58. The lowest BCUT2D eigenvalue weighted by molar-refractivity contribution is -0.375. The molecule has 1 heterocycles. The number of alkyl halides is 2. The van der Waals surface area contributed by atoms with Crippen LogP contribution in [0, 0.1) is 0 Å². The first kappa shape index (κ1) is 8.29. The molecule has 0 radical (unpaired) electrons. The molecule has 0 aromatic heterocycles. The van der Waals surface area contributed by atoms with Crippen molar-refractivity contribution in [2.24, 2.45) is 0 Å². The van der Waals surface area contributed by atoms with Gasteiger partial charge in [0.15, 0.2) is 0 Å². The molecule has 0 aromatic carbocycles. The van der Waals surface area contributed by atoms with Crippen LogP contribution in [0.15, 0.2) is 35.3 Å². The molecule has 2 nitrogen and oxygen atoms in total. The fourth-order valence-corrected chi connectivity index (χ4v) is 1.27. The molecular weight excluding hydrogens is 178 g/mol. The minimum absolute atomic E-state index is 0.236. The summed E-state index contributed by atoms with van der Waals surface area (Å²) in [6, 6.07) is 0. The Balaban J connectivity index is 2.37.